The van der Waals surface area contributed by atoms with Gasteiger partial charge < -0.3 is 10.8 Å². The summed E-state index contributed by atoms with van der Waals surface area (Å²) in [5.41, 5.74) is 6.88. The minimum Gasteiger partial charge on any atom is -0.393 e. The third kappa shape index (κ3) is 1.38. The van der Waals surface area contributed by atoms with Crippen molar-refractivity contribution in [3.63, 3.8) is 0 Å². The van der Waals surface area contributed by atoms with Gasteiger partial charge in [0.2, 0.25) is 0 Å². The summed E-state index contributed by atoms with van der Waals surface area (Å²) in [4.78, 5) is 11.9. The zero-order valence-electron chi connectivity index (χ0n) is 9.15. The average Bonchev–Trinajstić information content (AvgIpc) is 2.96. The first-order valence-electron chi connectivity index (χ1n) is 5.96. The first-order chi connectivity index (χ1) is 7.68. The van der Waals surface area contributed by atoms with Crippen molar-refractivity contribution in [1.82, 2.24) is 9.78 Å². The van der Waals surface area contributed by atoms with Gasteiger partial charge >= 0.3 is 0 Å². The molecule has 2 aliphatic rings. The van der Waals surface area contributed by atoms with Crippen LogP contribution in [-0.4, -0.2) is 21.0 Å². The van der Waals surface area contributed by atoms with Gasteiger partial charge in [0.15, 0.2) is 0 Å². The molecule has 1 heterocycles. The first kappa shape index (κ1) is 9.96. The Morgan fingerprint density at radius 3 is 2.62 bits per heavy atom. The van der Waals surface area contributed by atoms with Crippen LogP contribution >= 0.6 is 0 Å². The molecule has 2 saturated carbocycles. The van der Waals surface area contributed by atoms with E-state index in [1.807, 2.05) is 0 Å². The molecule has 2 aliphatic carbocycles. The van der Waals surface area contributed by atoms with E-state index in [4.69, 9.17) is 5.73 Å². The van der Waals surface area contributed by atoms with E-state index >= 15 is 0 Å². The Bertz CT molecular complexity index is 458. The molecule has 1 aromatic rings. The van der Waals surface area contributed by atoms with Crippen LogP contribution in [-0.2, 0) is 0 Å². The third-order valence-electron chi connectivity index (χ3n) is 3.74. The van der Waals surface area contributed by atoms with Crippen LogP contribution in [0.2, 0.25) is 0 Å². The van der Waals surface area contributed by atoms with Crippen molar-refractivity contribution >= 4 is 5.69 Å². The van der Waals surface area contributed by atoms with Gasteiger partial charge in [-0.05, 0) is 32.1 Å². The van der Waals surface area contributed by atoms with Crippen LogP contribution in [0, 0.1) is 0 Å². The lowest BCUT2D eigenvalue weighted by Crippen LogP contribution is -2.28. The van der Waals surface area contributed by atoms with Gasteiger partial charge in [0.1, 0.15) is 5.69 Å². The van der Waals surface area contributed by atoms with Gasteiger partial charge in [0.05, 0.1) is 17.8 Å². The van der Waals surface area contributed by atoms with Crippen molar-refractivity contribution in [3.05, 3.63) is 16.0 Å². The fourth-order valence-corrected chi connectivity index (χ4v) is 2.62. The van der Waals surface area contributed by atoms with E-state index in [0.717, 1.165) is 37.8 Å². The van der Waals surface area contributed by atoms with Crippen molar-refractivity contribution in [3.8, 4) is 0 Å². The normalized spacial score (nSPS) is 29.8. The standard InChI is InChI=1S/C11H17N3O2/c12-9-10(6-4-5-6)13-14(11(9)16)7-2-1-3-8(7)15/h6-8,13,15H,1-5,12H2. The molecule has 0 spiro atoms. The van der Waals surface area contributed by atoms with E-state index in [1.54, 1.807) is 4.68 Å². The number of nitrogens with one attached hydrogen (secondary N) is 1. The Hall–Kier alpha value is -1.23. The number of aliphatic hydroxyl groups excluding tert-OH is 1. The highest BCUT2D eigenvalue weighted by Crippen LogP contribution is 2.41. The molecule has 0 amide bonds. The van der Waals surface area contributed by atoms with Crippen LogP contribution in [0.25, 0.3) is 0 Å². The molecule has 88 valence electrons. The van der Waals surface area contributed by atoms with Crippen molar-refractivity contribution in [2.24, 2.45) is 0 Å². The van der Waals surface area contributed by atoms with Crippen molar-refractivity contribution in [2.45, 2.75) is 50.2 Å². The van der Waals surface area contributed by atoms with Crippen LogP contribution in [0.3, 0.4) is 0 Å². The Morgan fingerprint density at radius 2 is 2.06 bits per heavy atom. The number of anilines is 1. The number of hydrogen-bond acceptors (Lipinski definition) is 3. The summed E-state index contributed by atoms with van der Waals surface area (Å²) in [5.74, 6) is 0.437. The predicted molar refractivity (Wildman–Crippen MR) is 60.3 cm³/mol. The molecule has 2 atom stereocenters. The molecule has 0 bridgehead atoms. The molecule has 2 fully saturated rings. The number of aliphatic hydroxyl groups is 1. The van der Waals surface area contributed by atoms with Gasteiger partial charge in [-0.25, -0.2) is 4.68 Å². The fourth-order valence-electron chi connectivity index (χ4n) is 2.62. The molecular weight excluding hydrogens is 206 g/mol. The van der Waals surface area contributed by atoms with E-state index in [2.05, 4.69) is 5.10 Å². The highest BCUT2D eigenvalue weighted by Gasteiger charge is 2.33. The Morgan fingerprint density at radius 1 is 1.31 bits per heavy atom. The summed E-state index contributed by atoms with van der Waals surface area (Å²) in [5, 5.41) is 12.9. The lowest BCUT2D eigenvalue weighted by Gasteiger charge is -2.14. The molecule has 2 unspecified atom stereocenters. The minimum absolute atomic E-state index is 0.109. The zero-order valence-corrected chi connectivity index (χ0v) is 9.15. The van der Waals surface area contributed by atoms with Gasteiger partial charge in [0.25, 0.3) is 5.56 Å². The molecule has 3 rings (SSSR count). The van der Waals surface area contributed by atoms with E-state index in [-0.39, 0.29) is 11.6 Å². The van der Waals surface area contributed by atoms with E-state index in [0.29, 0.717) is 11.6 Å². The number of H-pyrrole nitrogens is 1. The summed E-state index contributed by atoms with van der Waals surface area (Å²) in [6.07, 6.45) is 4.40. The lowest BCUT2D eigenvalue weighted by atomic mass is 10.2. The maximum absolute atomic E-state index is 11.9. The number of rotatable bonds is 2. The number of aromatic nitrogens is 2. The number of nitrogens with two attached hydrogens (primary N) is 1. The SMILES string of the molecule is Nc1c(C2CC2)[nH]n(C2CCCC2O)c1=O. The van der Waals surface area contributed by atoms with Gasteiger partial charge in [0, 0.05) is 5.92 Å². The van der Waals surface area contributed by atoms with Crippen LogP contribution < -0.4 is 11.3 Å². The highest BCUT2D eigenvalue weighted by atomic mass is 16.3. The first-order valence-corrected chi connectivity index (χ1v) is 5.96. The van der Waals surface area contributed by atoms with E-state index in [1.165, 1.54) is 0 Å². The molecule has 0 aromatic carbocycles. The van der Waals surface area contributed by atoms with Crippen molar-refractivity contribution in [1.29, 1.82) is 0 Å². The van der Waals surface area contributed by atoms with Crippen LogP contribution in [0.5, 0.6) is 0 Å². The maximum Gasteiger partial charge on any atom is 0.290 e. The molecule has 5 nitrogen and oxygen atoms in total. The summed E-state index contributed by atoms with van der Waals surface area (Å²) in [6, 6.07) is -0.109. The van der Waals surface area contributed by atoms with Gasteiger partial charge in [-0.3, -0.25) is 9.89 Å². The molecule has 1 aromatic heterocycles. The zero-order chi connectivity index (χ0) is 11.3. The molecular formula is C11H17N3O2. The molecule has 16 heavy (non-hydrogen) atoms. The Labute approximate surface area is 93.2 Å². The van der Waals surface area contributed by atoms with Crippen LogP contribution in [0.1, 0.15) is 49.8 Å². The number of nitrogens with zero attached hydrogens (tertiary/aromatic N) is 1. The van der Waals surface area contributed by atoms with E-state index in [9.17, 15) is 9.90 Å². The van der Waals surface area contributed by atoms with Crippen molar-refractivity contribution in [2.75, 3.05) is 5.73 Å². The second-order valence-corrected chi connectivity index (χ2v) is 4.95. The van der Waals surface area contributed by atoms with Crippen LogP contribution in [0.4, 0.5) is 5.69 Å². The largest absolute Gasteiger partial charge is 0.393 e. The van der Waals surface area contributed by atoms with Gasteiger partial charge in [-0.15, -0.1) is 0 Å². The number of aromatic amines is 1. The summed E-state index contributed by atoms with van der Waals surface area (Å²) in [7, 11) is 0. The second kappa shape index (κ2) is 3.38. The topological polar surface area (TPSA) is 84.0 Å². The summed E-state index contributed by atoms with van der Waals surface area (Å²) >= 11 is 0. The Balaban J connectivity index is 2.00. The third-order valence-corrected chi connectivity index (χ3v) is 3.74. The average molecular weight is 223 g/mol. The molecule has 0 aliphatic heterocycles. The smallest absolute Gasteiger partial charge is 0.290 e. The quantitative estimate of drug-likeness (QED) is 0.690. The van der Waals surface area contributed by atoms with Gasteiger partial charge in [-0.1, -0.05) is 0 Å². The fraction of sp³-hybridized carbons (Fsp3) is 0.727. The summed E-state index contributed by atoms with van der Waals surface area (Å²) in [6.45, 7) is 0. The Kier molecular flexibility index (Phi) is 2.10. The minimum atomic E-state index is -0.414. The lowest BCUT2D eigenvalue weighted by molar-refractivity contribution is 0.128. The predicted octanol–water partition coefficient (Wildman–Crippen LogP) is 0.722. The second-order valence-electron chi connectivity index (χ2n) is 4.95. The molecule has 0 saturated heterocycles. The monoisotopic (exact) mass is 223 g/mol. The number of hydrogen-bond donors (Lipinski definition) is 3. The molecule has 5 heteroatoms. The van der Waals surface area contributed by atoms with Crippen LogP contribution in [0.15, 0.2) is 4.79 Å². The van der Waals surface area contributed by atoms with Gasteiger partial charge in [-0.2, -0.15) is 0 Å². The van der Waals surface area contributed by atoms with E-state index < -0.39 is 6.10 Å². The van der Waals surface area contributed by atoms with Crippen molar-refractivity contribution < 1.29 is 5.11 Å². The number of nitrogen functional groups attached to an aromatic ring is 1. The highest BCUT2D eigenvalue weighted by molar-refractivity contribution is 5.44. The summed E-state index contributed by atoms with van der Waals surface area (Å²) < 4.78 is 1.54. The molecule has 0 radical (unpaired) electrons. The maximum atomic E-state index is 11.9. The molecule has 4 N–H and O–H groups in total.